The maximum absolute atomic E-state index is 5.80. The minimum Gasteiger partial charge on any atom is -0.465 e. The zero-order valence-corrected chi connectivity index (χ0v) is 14.6. The highest BCUT2D eigenvalue weighted by atomic mass is 16.3. The second kappa shape index (κ2) is 5.59. The lowest BCUT2D eigenvalue weighted by molar-refractivity contribution is 0.357. The van der Waals surface area contributed by atoms with Crippen LogP contribution in [0.5, 0.6) is 0 Å². The molecule has 5 nitrogen and oxygen atoms in total. The molecule has 0 aliphatic heterocycles. The van der Waals surface area contributed by atoms with Crippen LogP contribution in [0.1, 0.15) is 23.3 Å². The lowest BCUT2D eigenvalue weighted by Crippen LogP contribution is -2.21. The van der Waals surface area contributed by atoms with Crippen LogP contribution >= 0.6 is 0 Å². The molecule has 0 spiro atoms. The number of para-hydroxylation sites is 2. The van der Waals surface area contributed by atoms with Gasteiger partial charge < -0.3 is 4.42 Å². The van der Waals surface area contributed by atoms with Crippen molar-refractivity contribution < 1.29 is 4.42 Å². The van der Waals surface area contributed by atoms with E-state index in [4.69, 9.17) is 14.6 Å². The number of aryl methyl sites for hydroxylation is 2. The second-order valence-electron chi connectivity index (χ2n) is 6.48. The molecule has 0 atom stereocenters. The Morgan fingerprint density at radius 1 is 0.731 bits per heavy atom. The summed E-state index contributed by atoms with van der Waals surface area (Å²) in [5, 5.41) is 11.9. The molecule has 5 heteroatoms. The van der Waals surface area contributed by atoms with Crippen LogP contribution in [0, 0.1) is 13.8 Å². The van der Waals surface area contributed by atoms with Gasteiger partial charge in [-0.25, -0.2) is 9.36 Å². The van der Waals surface area contributed by atoms with Crippen LogP contribution in [0.15, 0.2) is 71.3 Å². The topological polar surface area (TPSA) is 48.8 Å². The van der Waals surface area contributed by atoms with Gasteiger partial charge in [-0.1, -0.05) is 36.4 Å². The third-order valence-corrected chi connectivity index (χ3v) is 4.86. The van der Waals surface area contributed by atoms with Crippen molar-refractivity contribution in [1.29, 1.82) is 0 Å². The molecule has 2 aromatic carbocycles. The van der Waals surface area contributed by atoms with Crippen molar-refractivity contribution in [3.05, 3.63) is 84.1 Å². The molecule has 0 bridgehead atoms. The average molecular weight is 342 g/mol. The molecular formula is C21H18N4O. The van der Waals surface area contributed by atoms with Crippen molar-refractivity contribution in [2.75, 3.05) is 0 Å². The van der Waals surface area contributed by atoms with Crippen LogP contribution in [0.4, 0.5) is 0 Å². The first-order valence-electron chi connectivity index (χ1n) is 8.65. The summed E-state index contributed by atoms with van der Waals surface area (Å²) < 4.78 is 9.80. The van der Waals surface area contributed by atoms with E-state index in [9.17, 15) is 0 Å². The summed E-state index contributed by atoms with van der Waals surface area (Å²) in [6.45, 7) is 4.06. The lowest BCUT2D eigenvalue weighted by atomic mass is 10.2. The predicted molar refractivity (Wildman–Crippen MR) is 101 cm³/mol. The molecule has 26 heavy (non-hydrogen) atoms. The van der Waals surface area contributed by atoms with E-state index in [-0.39, 0.29) is 6.17 Å². The minimum atomic E-state index is -0.290. The summed E-state index contributed by atoms with van der Waals surface area (Å²) in [6.07, 6.45) is 1.40. The maximum Gasteiger partial charge on any atom is 0.202 e. The molecule has 0 fully saturated rings. The van der Waals surface area contributed by atoms with Crippen molar-refractivity contribution in [1.82, 2.24) is 19.6 Å². The number of furan rings is 1. The Kier molecular flexibility index (Phi) is 3.22. The molecule has 0 N–H and O–H groups in total. The second-order valence-corrected chi connectivity index (χ2v) is 6.48. The minimum absolute atomic E-state index is 0.290. The van der Waals surface area contributed by atoms with Gasteiger partial charge in [-0.05, 0) is 38.1 Å². The Balaban J connectivity index is 1.84. The van der Waals surface area contributed by atoms with Crippen LogP contribution in [-0.2, 0) is 0 Å². The first kappa shape index (κ1) is 15.0. The molecule has 5 aromatic rings. The van der Waals surface area contributed by atoms with Gasteiger partial charge in [-0.2, -0.15) is 10.2 Å². The zero-order valence-electron chi connectivity index (χ0n) is 14.6. The number of hydrogen-bond donors (Lipinski definition) is 0. The molecule has 0 aliphatic rings. The van der Waals surface area contributed by atoms with E-state index in [1.807, 2.05) is 59.6 Å². The Bertz CT molecular complexity index is 1130. The zero-order chi connectivity index (χ0) is 17.7. The Morgan fingerprint density at radius 3 is 1.77 bits per heavy atom. The molecule has 0 unspecified atom stereocenters. The summed E-state index contributed by atoms with van der Waals surface area (Å²) in [4.78, 5) is 0. The largest absolute Gasteiger partial charge is 0.465 e. The third kappa shape index (κ3) is 2.10. The highest BCUT2D eigenvalue weighted by Crippen LogP contribution is 2.30. The fourth-order valence-corrected chi connectivity index (χ4v) is 3.65. The number of aromatic nitrogens is 4. The number of hydrogen-bond acceptors (Lipinski definition) is 3. The van der Waals surface area contributed by atoms with E-state index >= 15 is 0 Å². The van der Waals surface area contributed by atoms with Gasteiger partial charge in [0.05, 0.1) is 28.7 Å². The Labute approximate surface area is 150 Å². The third-order valence-electron chi connectivity index (χ3n) is 4.86. The molecule has 3 aromatic heterocycles. The lowest BCUT2D eigenvalue weighted by Gasteiger charge is -2.18. The molecule has 5 rings (SSSR count). The van der Waals surface area contributed by atoms with Crippen molar-refractivity contribution >= 4 is 21.8 Å². The standard InChI is InChI=1S/C21H18N4O/c1-14-16-8-3-5-10-18(16)24(22-14)21(20-12-7-13-26-20)25-19-11-6-4-9-17(19)15(2)23-25/h3-13,21H,1-2H3. The first-order valence-corrected chi connectivity index (χ1v) is 8.65. The highest BCUT2D eigenvalue weighted by Gasteiger charge is 2.25. The molecule has 0 saturated carbocycles. The van der Waals surface area contributed by atoms with E-state index in [0.717, 1.165) is 39.0 Å². The van der Waals surface area contributed by atoms with Gasteiger partial charge in [0.2, 0.25) is 6.17 Å². The van der Waals surface area contributed by atoms with Crippen molar-refractivity contribution in [2.45, 2.75) is 20.0 Å². The van der Waals surface area contributed by atoms with Crippen molar-refractivity contribution in [3.8, 4) is 0 Å². The number of nitrogens with zero attached hydrogens (tertiary/aromatic N) is 4. The Morgan fingerprint density at radius 2 is 1.27 bits per heavy atom. The van der Waals surface area contributed by atoms with Gasteiger partial charge >= 0.3 is 0 Å². The van der Waals surface area contributed by atoms with Crippen LogP contribution in [0.25, 0.3) is 21.8 Å². The van der Waals surface area contributed by atoms with Crippen molar-refractivity contribution in [3.63, 3.8) is 0 Å². The smallest absolute Gasteiger partial charge is 0.202 e. The van der Waals surface area contributed by atoms with Gasteiger partial charge in [-0.15, -0.1) is 0 Å². The van der Waals surface area contributed by atoms with E-state index in [1.165, 1.54) is 0 Å². The summed E-state index contributed by atoms with van der Waals surface area (Å²) in [7, 11) is 0. The SMILES string of the molecule is Cc1nn(C(c2ccco2)n2nc(C)c3ccccc32)c2ccccc12. The van der Waals surface area contributed by atoms with E-state index in [0.29, 0.717) is 0 Å². The predicted octanol–water partition coefficient (Wildman–Crippen LogP) is 4.69. The van der Waals surface area contributed by atoms with E-state index in [2.05, 4.69) is 24.3 Å². The average Bonchev–Trinajstić information content (AvgIpc) is 3.38. The van der Waals surface area contributed by atoms with E-state index in [1.54, 1.807) is 6.26 Å². The highest BCUT2D eigenvalue weighted by molar-refractivity contribution is 5.83. The van der Waals surface area contributed by atoms with Gasteiger partial charge in [0.25, 0.3) is 0 Å². The summed E-state index contributed by atoms with van der Waals surface area (Å²) in [6, 6.07) is 20.4. The molecule has 0 amide bonds. The molecular weight excluding hydrogens is 324 g/mol. The summed E-state index contributed by atoms with van der Waals surface area (Å²) >= 11 is 0. The Hall–Kier alpha value is -3.34. The van der Waals surface area contributed by atoms with E-state index < -0.39 is 0 Å². The maximum atomic E-state index is 5.80. The monoisotopic (exact) mass is 342 g/mol. The number of rotatable bonds is 3. The molecule has 0 radical (unpaired) electrons. The van der Waals surface area contributed by atoms with Gasteiger partial charge in [-0.3, -0.25) is 0 Å². The van der Waals surface area contributed by atoms with Crippen LogP contribution in [-0.4, -0.2) is 19.6 Å². The summed E-state index contributed by atoms with van der Waals surface area (Å²) in [5.41, 5.74) is 4.10. The molecule has 0 aliphatic carbocycles. The fourth-order valence-electron chi connectivity index (χ4n) is 3.65. The van der Waals surface area contributed by atoms with Crippen molar-refractivity contribution in [2.24, 2.45) is 0 Å². The van der Waals surface area contributed by atoms with Gasteiger partial charge in [0.1, 0.15) is 0 Å². The summed E-state index contributed by atoms with van der Waals surface area (Å²) in [5.74, 6) is 0.798. The number of fused-ring (bicyclic) bond motifs is 2. The number of benzene rings is 2. The quantitative estimate of drug-likeness (QED) is 0.478. The fraction of sp³-hybridized carbons (Fsp3) is 0.143. The van der Waals surface area contributed by atoms with Crippen LogP contribution in [0.2, 0.25) is 0 Å². The molecule has 0 saturated heterocycles. The van der Waals surface area contributed by atoms with Gasteiger partial charge in [0.15, 0.2) is 5.76 Å². The van der Waals surface area contributed by atoms with Crippen LogP contribution in [0.3, 0.4) is 0 Å². The normalized spacial score (nSPS) is 11.8. The molecule has 128 valence electrons. The molecule has 3 heterocycles. The first-order chi connectivity index (χ1) is 12.7. The van der Waals surface area contributed by atoms with Crippen LogP contribution < -0.4 is 0 Å². The van der Waals surface area contributed by atoms with Gasteiger partial charge in [0, 0.05) is 10.8 Å².